The normalized spacial score (nSPS) is 13.4. The predicted molar refractivity (Wildman–Crippen MR) is 112 cm³/mol. The molecule has 0 bridgehead atoms. The highest BCUT2D eigenvalue weighted by Crippen LogP contribution is 2.33. The average molecular weight is 395 g/mol. The van der Waals surface area contributed by atoms with Gasteiger partial charge in [0.15, 0.2) is 0 Å². The molecule has 144 valence electrons. The Kier molecular flexibility index (Phi) is 4.83. The Bertz CT molecular complexity index is 1070. The summed E-state index contributed by atoms with van der Waals surface area (Å²) >= 11 is 0. The van der Waals surface area contributed by atoms with Gasteiger partial charge in [-0.2, -0.15) is 0 Å². The molecular formula is C21H21N3O3S. The molecule has 0 atom stereocenters. The second-order valence-electron chi connectivity index (χ2n) is 6.57. The van der Waals surface area contributed by atoms with Crippen LogP contribution in [0.1, 0.15) is 0 Å². The van der Waals surface area contributed by atoms with E-state index >= 15 is 0 Å². The molecule has 2 N–H and O–H groups in total. The Hall–Kier alpha value is -3.19. The van der Waals surface area contributed by atoms with Crippen LogP contribution in [0.2, 0.25) is 0 Å². The van der Waals surface area contributed by atoms with Crippen LogP contribution in [0.5, 0.6) is 5.75 Å². The Morgan fingerprint density at radius 1 is 0.893 bits per heavy atom. The molecule has 6 nitrogen and oxygen atoms in total. The lowest BCUT2D eigenvalue weighted by molar-refractivity contribution is 0.311. The number of hydrogen-bond acceptors (Lipinski definition) is 5. The molecule has 0 aliphatic carbocycles. The minimum atomic E-state index is -3.69. The lowest BCUT2D eigenvalue weighted by atomic mass is 10.2. The molecule has 1 aliphatic rings. The minimum Gasteiger partial charge on any atom is -0.490 e. The molecule has 0 amide bonds. The summed E-state index contributed by atoms with van der Waals surface area (Å²) in [5, 5.41) is 3.27. The Morgan fingerprint density at radius 3 is 2.32 bits per heavy atom. The van der Waals surface area contributed by atoms with Gasteiger partial charge >= 0.3 is 0 Å². The largest absolute Gasteiger partial charge is 0.490 e. The van der Waals surface area contributed by atoms with Gasteiger partial charge in [0.1, 0.15) is 12.4 Å². The maximum absolute atomic E-state index is 12.8. The first-order valence-electron chi connectivity index (χ1n) is 8.94. The van der Waals surface area contributed by atoms with Crippen molar-refractivity contribution in [3.8, 4) is 5.75 Å². The molecule has 3 aromatic rings. The van der Waals surface area contributed by atoms with Gasteiger partial charge in [-0.1, -0.05) is 18.2 Å². The SMILES string of the molecule is CN1CCOc2ccc(S(=O)(=O)Nc3ccc(Nc4ccccc4)cc3)cc21. The molecule has 0 spiro atoms. The average Bonchev–Trinajstić information content (AvgIpc) is 2.70. The van der Waals surface area contributed by atoms with Crippen LogP contribution >= 0.6 is 0 Å². The van der Waals surface area contributed by atoms with Gasteiger partial charge in [0.05, 0.1) is 17.1 Å². The molecular weight excluding hydrogens is 374 g/mol. The Balaban J connectivity index is 1.51. The maximum atomic E-state index is 12.8. The van der Waals surface area contributed by atoms with Crippen LogP contribution in [-0.2, 0) is 10.0 Å². The van der Waals surface area contributed by atoms with Crippen molar-refractivity contribution in [3.05, 3.63) is 72.8 Å². The molecule has 0 saturated heterocycles. The van der Waals surface area contributed by atoms with Crippen LogP contribution in [0.15, 0.2) is 77.7 Å². The van der Waals surface area contributed by atoms with Crippen molar-refractivity contribution in [2.75, 3.05) is 35.1 Å². The van der Waals surface area contributed by atoms with Gasteiger partial charge in [0.2, 0.25) is 0 Å². The second-order valence-corrected chi connectivity index (χ2v) is 8.26. The summed E-state index contributed by atoms with van der Waals surface area (Å²) in [5.74, 6) is 0.698. The van der Waals surface area contributed by atoms with Crippen molar-refractivity contribution >= 4 is 32.8 Å². The molecule has 28 heavy (non-hydrogen) atoms. The highest BCUT2D eigenvalue weighted by Gasteiger charge is 2.20. The zero-order valence-electron chi connectivity index (χ0n) is 15.4. The van der Waals surface area contributed by atoms with E-state index in [-0.39, 0.29) is 4.90 Å². The smallest absolute Gasteiger partial charge is 0.261 e. The number of ether oxygens (including phenoxy) is 1. The van der Waals surface area contributed by atoms with Crippen molar-refractivity contribution in [1.82, 2.24) is 0 Å². The van der Waals surface area contributed by atoms with Crippen LogP contribution in [0.3, 0.4) is 0 Å². The first-order chi connectivity index (χ1) is 13.5. The zero-order valence-corrected chi connectivity index (χ0v) is 16.2. The summed E-state index contributed by atoms with van der Waals surface area (Å²) in [6.45, 7) is 1.32. The summed E-state index contributed by atoms with van der Waals surface area (Å²) in [5.41, 5.74) is 3.12. The molecule has 0 radical (unpaired) electrons. The number of likely N-dealkylation sites (N-methyl/N-ethyl adjacent to an activating group) is 1. The third-order valence-corrected chi connectivity index (χ3v) is 5.91. The van der Waals surface area contributed by atoms with E-state index < -0.39 is 10.0 Å². The van der Waals surface area contributed by atoms with Crippen LogP contribution in [0.4, 0.5) is 22.7 Å². The number of fused-ring (bicyclic) bond motifs is 1. The fourth-order valence-corrected chi connectivity index (χ4v) is 4.10. The van der Waals surface area contributed by atoms with E-state index in [1.54, 1.807) is 30.3 Å². The van der Waals surface area contributed by atoms with Gasteiger partial charge in [-0.25, -0.2) is 8.42 Å². The highest BCUT2D eigenvalue weighted by molar-refractivity contribution is 7.92. The first kappa shape index (κ1) is 18.2. The van der Waals surface area contributed by atoms with Crippen LogP contribution in [0, 0.1) is 0 Å². The molecule has 7 heteroatoms. The number of sulfonamides is 1. The van der Waals surface area contributed by atoms with E-state index in [1.165, 1.54) is 0 Å². The number of rotatable bonds is 5. The van der Waals surface area contributed by atoms with Gasteiger partial charge in [-0.05, 0) is 54.6 Å². The van der Waals surface area contributed by atoms with Crippen molar-refractivity contribution in [3.63, 3.8) is 0 Å². The van der Waals surface area contributed by atoms with Crippen molar-refractivity contribution in [1.29, 1.82) is 0 Å². The summed E-state index contributed by atoms with van der Waals surface area (Å²) in [4.78, 5) is 2.19. The number of hydrogen-bond donors (Lipinski definition) is 2. The summed E-state index contributed by atoms with van der Waals surface area (Å²) in [7, 11) is -1.77. The number of anilines is 4. The monoisotopic (exact) mass is 395 g/mol. The third-order valence-electron chi connectivity index (χ3n) is 4.54. The standard InChI is InChI=1S/C21H21N3O3S/c1-24-13-14-27-21-12-11-19(15-20(21)24)28(25,26)23-18-9-7-17(8-10-18)22-16-5-3-2-4-6-16/h2-12,15,22-23H,13-14H2,1H3. The molecule has 1 heterocycles. The fraction of sp³-hybridized carbons (Fsp3) is 0.143. The molecule has 0 unspecified atom stereocenters. The number of para-hydroxylation sites is 1. The second kappa shape index (κ2) is 7.44. The van der Waals surface area contributed by atoms with Gasteiger partial charge in [0.25, 0.3) is 10.0 Å². The van der Waals surface area contributed by atoms with E-state index in [1.807, 2.05) is 54.4 Å². The van der Waals surface area contributed by atoms with Gasteiger partial charge in [-0.3, -0.25) is 4.72 Å². The van der Waals surface area contributed by atoms with Gasteiger partial charge in [-0.15, -0.1) is 0 Å². The zero-order chi connectivity index (χ0) is 19.6. The van der Waals surface area contributed by atoms with Crippen molar-refractivity contribution in [2.45, 2.75) is 4.90 Å². The van der Waals surface area contributed by atoms with Gasteiger partial charge in [0, 0.05) is 24.1 Å². The molecule has 0 aromatic heterocycles. The van der Waals surface area contributed by atoms with E-state index in [0.29, 0.717) is 18.0 Å². The van der Waals surface area contributed by atoms with E-state index in [9.17, 15) is 8.42 Å². The summed E-state index contributed by atoms with van der Waals surface area (Å²) in [6.07, 6.45) is 0. The fourth-order valence-electron chi connectivity index (χ4n) is 3.02. The quantitative estimate of drug-likeness (QED) is 0.682. The lowest BCUT2D eigenvalue weighted by Gasteiger charge is -2.28. The number of nitrogens with zero attached hydrogens (tertiary/aromatic N) is 1. The molecule has 1 aliphatic heterocycles. The van der Waals surface area contributed by atoms with Crippen molar-refractivity contribution < 1.29 is 13.2 Å². The summed E-state index contributed by atoms with van der Waals surface area (Å²) in [6, 6.07) is 21.8. The molecule has 0 fully saturated rings. The number of nitrogens with one attached hydrogen (secondary N) is 2. The molecule has 4 rings (SSSR count). The highest BCUT2D eigenvalue weighted by atomic mass is 32.2. The van der Waals surface area contributed by atoms with Crippen LogP contribution in [-0.4, -0.2) is 28.6 Å². The van der Waals surface area contributed by atoms with E-state index in [4.69, 9.17) is 4.74 Å². The third kappa shape index (κ3) is 3.89. The first-order valence-corrected chi connectivity index (χ1v) is 10.4. The molecule has 0 saturated carbocycles. The Morgan fingerprint density at radius 2 is 1.57 bits per heavy atom. The van der Waals surface area contributed by atoms with Crippen molar-refractivity contribution in [2.24, 2.45) is 0 Å². The van der Waals surface area contributed by atoms with Crippen LogP contribution in [0.25, 0.3) is 0 Å². The van der Waals surface area contributed by atoms with Gasteiger partial charge < -0.3 is 15.0 Å². The van der Waals surface area contributed by atoms with E-state index in [2.05, 4.69) is 10.0 Å². The minimum absolute atomic E-state index is 0.204. The maximum Gasteiger partial charge on any atom is 0.261 e. The lowest BCUT2D eigenvalue weighted by Crippen LogP contribution is -2.29. The molecule has 3 aromatic carbocycles. The Labute approximate surface area is 164 Å². The topological polar surface area (TPSA) is 70.7 Å². The summed E-state index contributed by atoms with van der Waals surface area (Å²) < 4.78 is 33.8. The predicted octanol–water partition coefficient (Wildman–Crippen LogP) is 4.06. The van der Waals surface area contributed by atoms with Crippen LogP contribution < -0.4 is 19.7 Å². The van der Waals surface area contributed by atoms with E-state index in [0.717, 1.165) is 23.6 Å². The number of benzene rings is 3.